The van der Waals surface area contributed by atoms with Crippen LogP contribution in [0.25, 0.3) is 0 Å². The van der Waals surface area contributed by atoms with E-state index < -0.39 is 0 Å². The number of benzene rings is 1. The third kappa shape index (κ3) is 4.97. The SMILES string of the molecule is CCOC(=O)c1c(NC(=O)C[NH+]2CCN(c3ccccc3C)CC2)sc(C)c1C. The predicted octanol–water partition coefficient (Wildman–Crippen LogP) is 2.19. The number of anilines is 2. The van der Waals surface area contributed by atoms with Crippen molar-refractivity contribution in [3.63, 3.8) is 0 Å². The van der Waals surface area contributed by atoms with Gasteiger partial charge in [-0.2, -0.15) is 0 Å². The first kappa shape index (κ1) is 21.3. The van der Waals surface area contributed by atoms with Crippen LogP contribution < -0.4 is 15.1 Å². The fourth-order valence-corrected chi connectivity index (χ4v) is 4.79. The summed E-state index contributed by atoms with van der Waals surface area (Å²) in [6.07, 6.45) is 0. The second-order valence-corrected chi connectivity index (χ2v) is 8.68. The van der Waals surface area contributed by atoms with E-state index in [1.165, 1.54) is 27.5 Å². The molecule has 1 aromatic heterocycles. The molecule has 0 spiro atoms. The average molecular weight is 417 g/mol. The molecule has 3 rings (SSSR count). The number of piperazine rings is 1. The minimum absolute atomic E-state index is 0.0591. The highest BCUT2D eigenvalue weighted by molar-refractivity contribution is 7.16. The number of rotatable bonds is 6. The Bertz CT molecular complexity index is 885. The maximum absolute atomic E-state index is 12.6. The number of esters is 1. The number of aryl methyl sites for hydroxylation is 2. The summed E-state index contributed by atoms with van der Waals surface area (Å²) in [5.41, 5.74) is 3.92. The van der Waals surface area contributed by atoms with Gasteiger partial charge in [0.1, 0.15) is 5.00 Å². The Labute approximate surface area is 176 Å². The van der Waals surface area contributed by atoms with Gasteiger partial charge in [0, 0.05) is 10.6 Å². The molecule has 7 heteroatoms. The van der Waals surface area contributed by atoms with E-state index in [0.29, 0.717) is 23.7 Å². The van der Waals surface area contributed by atoms with E-state index in [4.69, 9.17) is 4.74 Å². The standard InChI is InChI=1S/C22H29N3O3S/c1-5-28-22(27)20-16(3)17(4)29-21(20)23-19(26)14-24-10-12-25(13-11-24)18-9-7-6-8-15(18)2/h6-9H,5,10-14H2,1-4H3,(H,23,26)/p+1. The minimum atomic E-state index is -0.371. The highest BCUT2D eigenvalue weighted by Gasteiger charge is 2.26. The van der Waals surface area contributed by atoms with E-state index in [1.54, 1.807) is 6.92 Å². The summed E-state index contributed by atoms with van der Waals surface area (Å²) in [5, 5.41) is 3.55. The minimum Gasteiger partial charge on any atom is -0.462 e. The van der Waals surface area contributed by atoms with Crippen molar-refractivity contribution in [1.29, 1.82) is 0 Å². The normalized spacial score (nSPS) is 14.7. The number of ether oxygens (including phenoxy) is 1. The molecule has 0 unspecified atom stereocenters. The van der Waals surface area contributed by atoms with Gasteiger partial charge in [-0.3, -0.25) is 4.79 Å². The molecule has 0 bridgehead atoms. The zero-order chi connectivity index (χ0) is 21.0. The van der Waals surface area contributed by atoms with Crippen molar-refractivity contribution in [2.45, 2.75) is 27.7 Å². The van der Waals surface area contributed by atoms with Crippen LogP contribution in [0.2, 0.25) is 0 Å². The monoisotopic (exact) mass is 416 g/mol. The van der Waals surface area contributed by atoms with E-state index in [9.17, 15) is 9.59 Å². The Morgan fingerprint density at radius 1 is 1.17 bits per heavy atom. The molecular weight excluding hydrogens is 386 g/mol. The first-order valence-electron chi connectivity index (χ1n) is 10.1. The number of quaternary nitrogens is 1. The molecule has 1 aromatic carbocycles. The summed E-state index contributed by atoms with van der Waals surface area (Å²) in [7, 11) is 0. The number of hydrogen-bond donors (Lipinski definition) is 2. The van der Waals surface area contributed by atoms with Gasteiger partial charge < -0.3 is 19.9 Å². The molecule has 2 N–H and O–H groups in total. The van der Waals surface area contributed by atoms with Crippen LogP contribution in [0.15, 0.2) is 24.3 Å². The summed E-state index contributed by atoms with van der Waals surface area (Å²) in [6, 6.07) is 8.42. The third-order valence-corrected chi connectivity index (χ3v) is 6.58. The summed E-state index contributed by atoms with van der Waals surface area (Å²) < 4.78 is 5.16. The lowest BCUT2D eigenvalue weighted by Crippen LogP contribution is -3.15. The molecular formula is C22H30N3O3S+. The van der Waals surface area contributed by atoms with Gasteiger partial charge in [0.05, 0.1) is 38.3 Å². The maximum atomic E-state index is 12.6. The number of carbonyl (C=O) groups excluding carboxylic acids is 2. The molecule has 0 atom stereocenters. The van der Waals surface area contributed by atoms with Crippen molar-refractivity contribution in [2.75, 3.05) is 49.5 Å². The van der Waals surface area contributed by atoms with Crippen LogP contribution >= 0.6 is 11.3 Å². The van der Waals surface area contributed by atoms with Crippen molar-refractivity contribution < 1.29 is 19.2 Å². The lowest BCUT2D eigenvalue weighted by molar-refractivity contribution is -0.892. The fourth-order valence-electron chi connectivity index (χ4n) is 3.72. The molecule has 2 aromatic rings. The Kier molecular flexibility index (Phi) is 6.92. The molecule has 0 aliphatic carbocycles. The highest BCUT2D eigenvalue weighted by atomic mass is 32.1. The molecule has 1 aliphatic rings. The van der Waals surface area contributed by atoms with Crippen molar-refractivity contribution in [2.24, 2.45) is 0 Å². The summed E-state index contributed by atoms with van der Waals surface area (Å²) in [5.74, 6) is -0.431. The second kappa shape index (κ2) is 9.41. The third-order valence-electron chi connectivity index (χ3n) is 5.46. The van der Waals surface area contributed by atoms with Crippen molar-refractivity contribution in [1.82, 2.24) is 0 Å². The van der Waals surface area contributed by atoms with Gasteiger partial charge in [0.2, 0.25) is 0 Å². The molecule has 2 heterocycles. The number of nitrogens with zero attached hydrogens (tertiary/aromatic N) is 1. The zero-order valence-electron chi connectivity index (χ0n) is 17.6. The second-order valence-electron chi connectivity index (χ2n) is 7.46. The van der Waals surface area contributed by atoms with Crippen LogP contribution in [-0.4, -0.2) is 51.2 Å². The Hall–Kier alpha value is -2.38. The molecule has 29 heavy (non-hydrogen) atoms. The van der Waals surface area contributed by atoms with Gasteiger partial charge in [-0.25, -0.2) is 4.79 Å². The van der Waals surface area contributed by atoms with Gasteiger partial charge in [0.15, 0.2) is 6.54 Å². The lowest BCUT2D eigenvalue weighted by atomic mass is 10.1. The Balaban J connectivity index is 1.58. The smallest absolute Gasteiger partial charge is 0.341 e. The first-order chi connectivity index (χ1) is 13.9. The van der Waals surface area contributed by atoms with Crippen molar-refractivity contribution >= 4 is 33.9 Å². The molecule has 156 valence electrons. The molecule has 1 aliphatic heterocycles. The van der Waals surface area contributed by atoms with Crippen molar-refractivity contribution in [3.05, 3.63) is 45.8 Å². The van der Waals surface area contributed by atoms with E-state index in [-0.39, 0.29) is 11.9 Å². The van der Waals surface area contributed by atoms with Gasteiger partial charge in [0.25, 0.3) is 5.91 Å². The number of para-hydroxylation sites is 1. The van der Waals surface area contributed by atoms with E-state index in [1.807, 2.05) is 13.8 Å². The van der Waals surface area contributed by atoms with E-state index in [2.05, 4.69) is 41.4 Å². The van der Waals surface area contributed by atoms with E-state index >= 15 is 0 Å². The fraction of sp³-hybridized carbons (Fsp3) is 0.455. The summed E-state index contributed by atoms with van der Waals surface area (Å²) in [4.78, 5) is 29.6. The summed E-state index contributed by atoms with van der Waals surface area (Å²) in [6.45, 7) is 12.2. The zero-order valence-corrected chi connectivity index (χ0v) is 18.4. The lowest BCUT2D eigenvalue weighted by Gasteiger charge is -2.34. The first-order valence-corrected chi connectivity index (χ1v) is 10.9. The van der Waals surface area contributed by atoms with Crippen LogP contribution in [-0.2, 0) is 9.53 Å². The Morgan fingerprint density at radius 3 is 2.52 bits per heavy atom. The Morgan fingerprint density at radius 2 is 1.86 bits per heavy atom. The molecule has 0 saturated carbocycles. The molecule has 6 nitrogen and oxygen atoms in total. The number of thiophene rings is 1. The quantitative estimate of drug-likeness (QED) is 0.709. The summed E-state index contributed by atoms with van der Waals surface area (Å²) >= 11 is 1.43. The topological polar surface area (TPSA) is 63.1 Å². The number of amides is 1. The van der Waals surface area contributed by atoms with Crippen LogP contribution in [0.1, 0.15) is 33.3 Å². The van der Waals surface area contributed by atoms with Crippen LogP contribution in [0.3, 0.4) is 0 Å². The predicted molar refractivity (Wildman–Crippen MR) is 117 cm³/mol. The molecule has 1 amide bonds. The van der Waals surface area contributed by atoms with Crippen molar-refractivity contribution in [3.8, 4) is 0 Å². The van der Waals surface area contributed by atoms with Gasteiger partial charge >= 0.3 is 5.97 Å². The van der Waals surface area contributed by atoms with Gasteiger partial charge in [-0.1, -0.05) is 18.2 Å². The van der Waals surface area contributed by atoms with Crippen LogP contribution in [0.4, 0.5) is 10.7 Å². The maximum Gasteiger partial charge on any atom is 0.341 e. The highest BCUT2D eigenvalue weighted by Crippen LogP contribution is 2.32. The number of carbonyl (C=O) groups is 2. The van der Waals surface area contributed by atoms with Gasteiger partial charge in [-0.15, -0.1) is 11.3 Å². The van der Waals surface area contributed by atoms with Gasteiger partial charge in [-0.05, 0) is 44.9 Å². The average Bonchev–Trinajstić information content (AvgIpc) is 2.96. The number of hydrogen-bond acceptors (Lipinski definition) is 5. The number of nitrogens with one attached hydrogen (secondary N) is 2. The molecule has 1 saturated heterocycles. The van der Waals surface area contributed by atoms with Crippen LogP contribution in [0, 0.1) is 20.8 Å². The van der Waals surface area contributed by atoms with Crippen LogP contribution in [0.5, 0.6) is 0 Å². The van der Waals surface area contributed by atoms with E-state index in [0.717, 1.165) is 36.6 Å². The molecule has 0 radical (unpaired) electrons. The largest absolute Gasteiger partial charge is 0.462 e. The molecule has 1 fully saturated rings.